The van der Waals surface area contributed by atoms with Gasteiger partial charge < -0.3 is 9.62 Å². The summed E-state index contributed by atoms with van der Waals surface area (Å²) in [5, 5.41) is 31.8. The van der Waals surface area contributed by atoms with Crippen molar-refractivity contribution in [3.05, 3.63) is 83.3 Å². The van der Waals surface area contributed by atoms with Crippen LogP contribution in [0.5, 0.6) is 0 Å². The van der Waals surface area contributed by atoms with Gasteiger partial charge in [-0.3, -0.25) is 9.36 Å². The molecule has 0 aliphatic rings. The van der Waals surface area contributed by atoms with Crippen molar-refractivity contribution in [1.29, 1.82) is 0 Å². The molecule has 0 aliphatic carbocycles. The zero-order chi connectivity index (χ0) is 23.2. The maximum Gasteiger partial charge on any atom is 0.250 e. The third-order valence-corrected chi connectivity index (χ3v) is 5.49. The van der Waals surface area contributed by atoms with E-state index in [2.05, 4.69) is 20.7 Å². The van der Waals surface area contributed by atoms with Gasteiger partial charge in [-0.15, -0.1) is 10.2 Å². The summed E-state index contributed by atoms with van der Waals surface area (Å²) in [7, 11) is 0. The number of thioether (sulfide) groups is 1. The highest BCUT2D eigenvalue weighted by molar-refractivity contribution is 7.99. The van der Waals surface area contributed by atoms with Gasteiger partial charge in [0.05, 0.1) is 18.2 Å². The molecule has 2 aromatic carbocycles. The molecule has 10 nitrogen and oxygen atoms in total. The first-order chi connectivity index (χ1) is 16.0. The van der Waals surface area contributed by atoms with Crippen LogP contribution in [0.1, 0.15) is 11.1 Å². The van der Waals surface area contributed by atoms with Crippen molar-refractivity contribution in [3.63, 3.8) is 0 Å². The van der Waals surface area contributed by atoms with Crippen molar-refractivity contribution >= 4 is 29.6 Å². The molecule has 0 bridgehead atoms. The minimum absolute atomic E-state index is 0.0669. The number of hydrogen-bond acceptors (Lipinski definition) is 8. The van der Waals surface area contributed by atoms with Crippen molar-refractivity contribution in [2.24, 2.45) is 5.10 Å². The van der Waals surface area contributed by atoms with E-state index in [4.69, 9.17) is 9.62 Å². The van der Waals surface area contributed by atoms with Gasteiger partial charge in [0.15, 0.2) is 16.6 Å². The number of benzene rings is 2. The molecule has 0 spiro atoms. The monoisotopic (exact) mass is 464 g/mol. The number of carbonyl (C=O) groups excluding carboxylic acids is 1. The molecule has 2 heterocycles. The summed E-state index contributed by atoms with van der Waals surface area (Å²) < 4.78 is 7.33. The summed E-state index contributed by atoms with van der Waals surface area (Å²) in [6, 6.07) is 17.6. The Hall–Kier alpha value is -3.77. The van der Waals surface area contributed by atoms with E-state index in [1.807, 2.05) is 35.8 Å². The second kappa shape index (κ2) is 10.2. The van der Waals surface area contributed by atoms with Crippen LogP contribution in [0.3, 0.4) is 0 Å². The van der Waals surface area contributed by atoms with E-state index >= 15 is 0 Å². The normalized spacial score (nSPS) is 12.2. The van der Waals surface area contributed by atoms with Gasteiger partial charge in [0.1, 0.15) is 0 Å². The Labute approximate surface area is 193 Å². The summed E-state index contributed by atoms with van der Waals surface area (Å²) in [5.41, 5.74) is 5.27. The van der Waals surface area contributed by atoms with Crippen molar-refractivity contribution in [3.8, 4) is 17.3 Å². The fourth-order valence-corrected chi connectivity index (χ4v) is 3.65. The minimum Gasteiger partial charge on any atom is -0.595 e. The molecule has 1 amide bonds. The quantitative estimate of drug-likeness (QED) is 0.207. The van der Waals surface area contributed by atoms with Gasteiger partial charge >= 0.3 is 0 Å². The van der Waals surface area contributed by atoms with E-state index in [0.717, 1.165) is 11.3 Å². The maximum atomic E-state index is 12.3. The number of nitrogens with zero attached hydrogens (tertiary/aromatic N) is 4. The van der Waals surface area contributed by atoms with E-state index in [9.17, 15) is 10.0 Å². The zero-order valence-electron chi connectivity index (χ0n) is 17.5. The van der Waals surface area contributed by atoms with Gasteiger partial charge in [0, 0.05) is 17.8 Å². The first-order valence-corrected chi connectivity index (χ1v) is 10.8. The largest absolute Gasteiger partial charge is 0.595 e. The van der Waals surface area contributed by atoms with Gasteiger partial charge in [0.25, 0.3) is 5.91 Å². The summed E-state index contributed by atoms with van der Waals surface area (Å²) in [6.45, 7) is 2.00. The highest BCUT2D eigenvalue weighted by Crippen LogP contribution is 2.28. The fourth-order valence-electron chi connectivity index (χ4n) is 2.91. The Morgan fingerprint density at radius 3 is 2.64 bits per heavy atom. The number of aromatic nitrogens is 3. The molecule has 4 rings (SSSR count). The predicted molar refractivity (Wildman–Crippen MR) is 122 cm³/mol. The van der Waals surface area contributed by atoms with E-state index in [0.29, 0.717) is 22.3 Å². The lowest BCUT2D eigenvalue weighted by atomic mass is 10.2. The smallest absolute Gasteiger partial charge is 0.250 e. The zero-order valence-corrected chi connectivity index (χ0v) is 18.3. The minimum atomic E-state index is -1.00. The van der Waals surface area contributed by atoms with Gasteiger partial charge in [-0.1, -0.05) is 29.5 Å². The lowest BCUT2D eigenvalue weighted by Gasteiger charge is -2.10. The van der Waals surface area contributed by atoms with Crippen LogP contribution < -0.4 is 10.7 Å². The van der Waals surface area contributed by atoms with Crippen LogP contribution in [-0.4, -0.2) is 37.8 Å². The number of hydrazone groups is 1. The molecule has 2 aromatic heterocycles. The molecule has 1 atom stereocenters. The van der Waals surface area contributed by atoms with Gasteiger partial charge in [-0.2, -0.15) is 10.3 Å². The van der Waals surface area contributed by atoms with Gasteiger partial charge in [0.2, 0.25) is 5.82 Å². The summed E-state index contributed by atoms with van der Waals surface area (Å²) in [4.78, 5) is 12.3. The lowest BCUT2D eigenvalue weighted by Crippen LogP contribution is -2.99. The standard InChI is InChI=1S/C22H20N6O4S/c1-15-4-8-17(9-5-15)27-21(19-3-2-12-32-19)25-26-22(27)33-14-20(29)24-23-13-16-6-10-18(11-7-16)28(30)31/h2-13,28,30H,14H2,1H3,(H,24,29)/b23-13+. The van der Waals surface area contributed by atoms with Crippen LogP contribution in [0, 0.1) is 12.1 Å². The summed E-state index contributed by atoms with van der Waals surface area (Å²) in [6.07, 6.45) is 3.01. The first kappa shape index (κ1) is 22.4. The van der Waals surface area contributed by atoms with Crippen LogP contribution >= 0.6 is 11.8 Å². The van der Waals surface area contributed by atoms with Crippen LogP contribution in [0.25, 0.3) is 17.3 Å². The summed E-state index contributed by atoms with van der Waals surface area (Å²) in [5.74, 6) is 0.848. The van der Waals surface area contributed by atoms with Crippen LogP contribution in [0.2, 0.25) is 0 Å². The Kier molecular flexibility index (Phi) is 6.95. The van der Waals surface area contributed by atoms with Crippen molar-refractivity contribution in [1.82, 2.24) is 20.2 Å². The topological polar surface area (TPSA) is 133 Å². The van der Waals surface area contributed by atoms with Crippen LogP contribution in [0.4, 0.5) is 5.69 Å². The number of hydrogen-bond donors (Lipinski definition) is 3. The maximum absolute atomic E-state index is 12.3. The number of aryl methyl sites for hydroxylation is 1. The van der Waals surface area contributed by atoms with E-state index < -0.39 is 5.23 Å². The molecular formula is C22H20N6O4S. The number of nitrogens with one attached hydrogen (secondary N) is 2. The van der Waals surface area contributed by atoms with Crippen LogP contribution in [0.15, 0.2) is 81.6 Å². The Bertz CT molecular complexity index is 1240. The average Bonchev–Trinajstić information content (AvgIpc) is 3.48. The summed E-state index contributed by atoms with van der Waals surface area (Å²) >= 11 is 1.22. The fraction of sp³-hybridized carbons (Fsp3) is 0.0909. The third-order valence-electron chi connectivity index (χ3n) is 4.56. The van der Waals surface area contributed by atoms with E-state index in [1.165, 1.54) is 30.1 Å². The second-order valence-electron chi connectivity index (χ2n) is 6.96. The molecule has 3 N–H and O–H groups in total. The van der Waals surface area contributed by atoms with Crippen LogP contribution in [-0.2, 0) is 4.79 Å². The Morgan fingerprint density at radius 2 is 1.97 bits per heavy atom. The number of quaternary nitrogens is 1. The average molecular weight is 465 g/mol. The molecular weight excluding hydrogens is 444 g/mol. The Morgan fingerprint density at radius 1 is 1.21 bits per heavy atom. The molecule has 0 aliphatic heterocycles. The number of carbonyl (C=O) groups is 1. The number of rotatable bonds is 8. The lowest BCUT2D eigenvalue weighted by molar-refractivity contribution is -0.991. The first-order valence-electron chi connectivity index (χ1n) is 9.85. The number of furan rings is 1. The van der Waals surface area contributed by atoms with Gasteiger partial charge in [-0.25, -0.2) is 10.6 Å². The molecule has 11 heteroatoms. The molecule has 0 radical (unpaired) electrons. The molecule has 168 valence electrons. The van der Waals surface area contributed by atoms with Crippen molar-refractivity contribution < 1.29 is 19.6 Å². The number of amides is 1. The van der Waals surface area contributed by atoms with Crippen molar-refractivity contribution in [2.75, 3.05) is 5.75 Å². The molecule has 1 unspecified atom stereocenters. The molecule has 0 saturated carbocycles. The van der Waals surface area contributed by atoms with E-state index in [1.54, 1.807) is 30.5 Å². The molecule has 0 saturated heterocycles. The second-order valence-corrected chi connectivity index (χ2v) is 7.91. The Balaban J connectivity index is 1.43. The molecule has 33 heavy (non-hydrogen) atoms. The van der Waals surface area contributed by atoms with E-state index in [-0.39, 0.29) is 17.3 Å². The molecule has 0 fully saturated rings. The third kappa shape index (κ3) is 5.54. The van der Waals surface area contributed by atoms with Crippen molar-refractivity contribution in [2.45, 2.75) is 12.1 Å². The predicted octanol–water partition coefficient (Wildman–Crippen LogP) is 2.48. The highest BCUT2D eigenvalue weighted by atomic mass is 32.2. The SMILES string of the molecule is Cc1ccc(-n2c(SCC(=O)N/N=C/c3ccc([NH+]([O-])O)cc3)nnc2-c2ccco2)cc1. The van der Waals surface area contributed by atoms with Gasteiger partial charge in [-0.05, 0) is 48.9 Å². The molecule has 4 aromatic rings. The highest BCUT2D eigenvalue weighted by Gasteiger charge is 2.18.